The van der Waals surface area contributed by atoms with E-state index in [0.29, 0.717) is 11.4 Å². The number of carbonyl (C=O) groups excluding carboxylic acids is 1. The second-order valence-corrected chi connectivity index (χ2v) is 5.99. The first-order chi connectivity index (χ1) is 9.43. The fourth-order valence-electron chi connectivity index (χ4n) is 2.44. The van der Waals surface area contributed by atoms with E-state index < -0.39 is 0 Å². The standard InChI is InChI=1S/C14H23N5O/c1-14(2,3)19-9-7-18(8-10-19)13(20)11-5-4-6-16-12(11)17-15/h4-6H,7-10,15H2,1-3H3,(H,16,17). The van der Waals surface area contributed by atoms with Gasteiger partial charge in [0.15, 0.2) is 5.82 Å². The van der Waals surface area contributed by atoms with Crippen molar-refractivity contribution in [3.8, 4) is 0 Å². The number of carbonyl (C=O) groups is 1. The number of pyridine rings is 1. The highest BCUT2D eigenvalue weighted by molar-refractivity contribution is 5.98. The highest BCUT2D eigenvalue weighted by Crippen LogP contribution is 2.18. The number of anilines is 1. The van der Waals surface area contributed by atoms with Crippen LogP contribution in [0.2, 0.25) is 0 Å². The van der Waals surface area contributed by atoms with Crippen LogP contribution in [0.5, 0.6) is 0 Å². The minimum Gasteiger partial charge on any atom is -0.336 e. The van der Waals surface area contributed by atoms with Crippen molar-refractivity contribution in [2.75, 3.05) is 31.6 Å². The van der Waals surface area contributed by atoms with Crippen LogP contribution in [0.3, 0.4) is 0 Å². The zero-order valence-electron chi connectivity index (χ0n) is 12.4. The van der Waals surface area contributed by atoms with Crippen LogP contribution in [0.4, 0.5) is 5.82 Å². The van der Waals surface area contributed by atoms with Gasteiger partial charge in [0.1, 0.15) is 0 Å². The molecular formula is C14H23N5O. The molecule has 1 fully saturated rings. The number of hydrazine groups is 1. The van der Waals surface area contributed by atoms with Crippen LogP contribution in [0.25, 0.3) is 0 Å². The van der Waals surface area contributed by atoms with Crippen LogP contribution < -0.4 is 11.3 Å². The molecule has 20 heavy (non-hydrogen) atoms. The van der Waals surface area contributed by atoms with Crippen LogP contribution in [-0.2, 0) is 0 Å². The molecule has 0 unspecified atom stereocenters. The van der Waals surface area contributed by atoms with Crippen LogP contribution in [0.1, 0.15) is 31.1 Å². The van der Waals surface area contributed by atoms with E-state index in [9.17, 15) is 4.79 Å². The SMILES string of the molecule is CC(C)(C)N1CCN(C(=O)c2cccnc2NN)CC1. The predicted octanol–water partition coefficient (Wildman–Crippen LogP) is 0.924. The van der Waals surface area contributed by atoms with Crippen molar-refractivity contribution in [2.45, 2.75) is 26.3 Å². The lowest BCUT2D eigenvalue weighted by Crippen LogP contribution is -2.54. The Kier molecular flexibility index (Phi) is 4.25. The van der Waals surface area contributed by atoms with Gasteiger partial charge in [0.25, 0.3) is 5.91 Å². The smallest absolute Gasteiger partial charge is 0.257 e. The van der Waals surface area contributed by atoms with Crippen molar-refractivity contribution in [2.24, 2.45) is 5.84 Å². The van der Waals surface area contributed by atoms with Crippen LogP contribution >= 0.6 is 0 Å². The monoisotopic (exact) mass is 277 g/mol. The molecular weight excluding hydrogens is 254 g/mol. The van der Waals surface area contributed by atoms with E-state index in [0.717, 1.165) is 26.2 Å². The van der Waals surface area contributed by atoms with Gasteiger partial charge < -0.3 is 10.3 Å². The van der Waals surface area contributed by atoms with Gasteiger partial charge >= 0.3 is 0 Å². The first-order valence-corrected chi connectivity index (χ1v) is 6.89. The molecule has 2 rings (SSSR count). The minimum atomic E-state index is -0.0143. The second-order valence-electron chi connectivity index (χ2n) is 5.99. The Labute approximate surface area is 119 Å². The Morgan fingerprint density at radius 2 is 1.95 bits per heavy atom. The van der Waals surface area contributed by atoms with Crippen LogP contribution in [0, 0.1) is 0 Å². The van der Waals surface area contributed by atoms with E-state index in [-0.39, 0.29) is 11.4 Å². The Hall–Kier alpha value is -1.66. The maximum Gasteiger partial charge on any atom is 0.257 e. The van der Waals surface area contributed by atoms with E-state index in [4.69, 9.17) is 5.84 Å². The average molecular weight is 277 g/mol. The number of nitrogens with two attached hydrogens (primary N) is 1. The van der Waals surface area contributed by atoms with Crippen LogP contribution in [-0.4, -0.2) is 52.4 Å². The molecule has 1 aromatic heterocycles. The van der Waals surface area contributed by atoms with Crippen molar-refractivity contribution in [3.63, 3.8) is 0 Å². The van der Waals surface area contributed by atoms with Crippen molar-refractivity contribution in [1.82, 2.24) is 14.8 Å². The summed E-state index contributed by atoms with van der Waals surface area (Å²) < 4.78 is 0. The highest BCUT2D eigenvalue weighted by Gasteiger charge is 2.28. The molecule has 1 aliphatic heterocycles. The summed E-state index contributed by atoms with van der Waals surface area (Å²) in [5.41, 5.74) is 3.15. The van der Waals surface area contributed by atoms with Gasteiger partial charge in [-0.15, -0.1) is 0 Å². The fourth-order valence-corrected chi connectivity index (χ4v) is 2.44. The van der Waals surface area contributed by atoms with Crippen LogP contribution in [0.15, 0.2) is 18.3 Å². The largest absolute Gasteiger partial charge is 0.336 e. The number of rotatable bonds is 2. The van der Waals surface area contributed by atoms with Gasteiger partial charge in [-0.25, -0.2) is 10.8 Å². The highest BCUT2D eigenvalue weighted by atomic mass is 16.2. The first kappa shape index (κ1) is 14.7. The lowest BCUT2D eigenvalue weighted by molar-refractivity contribution is 0.0451. The molecule has 0 atom stereocenters. The molecule has 2 heterocycles. The number of nitrogen functional groups attached to an aromatic ring is 1. The molecule has 1 saturated heterocycles. The third-order valence-corrected chi connectivity index (χ3v) is 3.69. The third kappa shape index (κ3) is 3.08. The molecule has 110 valence electrons. The minimum absolute atomic E-state index is 0.0143. The Balaban J connectivity index is 2.05. The number of piperazine rings is 1. The summed E-state index contributed by atoms with van der Waals surface area (Å²) in [7, 11) is 0. The van der Waals surface area contributed by atoms with Crippen molar-refractivity contribution >= 4 is 11.7 Å². The van der Waals surface area contributed by atoms with E-state index in [1.54, 1.807) is 18.3 Å². The number of hydrogen-bond acceptors (Lipinski definition) is 5. The summed E-state index contributed by atoms with van der Waals surface area (Å²) in [4.78, 5) is 20.8. The number of hydrogen-bond donors (Lipinski definition) is 2. The van der Waals surface area contributed by atoms with Gasteiger partial charge in [-0.2, -0.15) is 0 Å². The quantitative estimate of drug-likeness (QED) is 0.621. The molecule has 0 bridgehead atoms. The van der Waals surface area contributed by atoms with Gasteiger partial charge in [0.2, 0.25) is 0 Å². The topological polar surface area (TPSA) is 74.5 Å². The van der Waals surface area contributed by atoms with Crippen molar-refractivity contribution in [3.05, 3.63) is 23.9 Å². The van der Waals surface area contributed by atoms with E-state index in [1.807, 2.05) is 4.90 Å². The molecule has 0 spiro atoms. The van der Waals surface area contributed by atoms with Crippen molar-refractivity contribution < 1.29 is 4.79 Å². The first-order valence-electron chi connectivity index (χ1n) is 6.89. The lowest BCUT2D eigenvalue weighted by Gasteiger charge is -2.42. The van der Waals surface area contributed by atoms with Gasteiger partial charge in [-0.1, -0.05) is 0 Å². The average Bonchev–Trinajstić information content (AvgIpc) is 2.45. The molecule has 3 N–H and O–H groups in total. The maximum atomic E-state index is 12.5. The Bertz CT molecular complexity index is 475. The third-order valence-electron chi connectivity index (χ3n) is 3.69. The summed E-state index contributed by atoms with van der Waals surface area (Å²) in [6, 6.07) is 3.50. The Morgan fingerprint density at radius 1 is 1.30 bits per heavy atom. The fraction of sp³-hybridized carbons (Fsp3) is 0.571. The van der Waals surface area contributed by atoms with E-state index in [2.05, 4.69) is 36.1 Å². The maximum absolute atomic E-state index is 12.5. The molecule has 1 amide bonds. The summed E-state index contributed by atoms with van der Waals surface area (Å²) in [5, 5.41) is 0. The molecule has 0 saturated carbocycles. The van der Waals surface area contributed by atoms with E-state index in [1.165, 1.54) is 0 Å². The second kappa shape index (κ2) is 5.76. The van der Waals surface area contributed by atoms with Gasteiger partial charge in [-0.05, 0) is 32.9 Å². The normalized spacial score (nSPS) is 17.1. The zero-order chi connectivity index (χ0) is 14.8. The van der Waals surface area contributed by atoms with Gasteiger partial charge in [0, 0.05) is 37.9 Å². The number of aromatic nitrogens is 1. The van der Waals surface area contributed by atoms with E-state index >= 15 is 0 Å². The van der Waals surface area contributed by atoms with Crippen molar-refractivity contribution in [1.29, 1.82) is 0 Å². The molecule has 0 radical (unpaired) electrons. The van der Waals surface area contributed by atoms with Gasteiger partial charge in [0.05, 0.1) is 5.56 Å². The summed E-state index contributed by atoms with van der Waals surface area (Å²) in [6.07, 6.45) is 1.61. The van der Waals surface area contributed by atoms with Gasteiger partial charge in [-0.3, -0.25) is 9.69 Å². The molecule has 0 aliphatic carbocycles. The molecule has 6 nitrogen and oxygen atoms in total. The Morgan fingerprint density at radius 3 is 2.50 bits per heavy atom. The number of nitrogens with zero attached hydrogens (tertiary/aromatic N) is 3. The zero-order valence-corrected chi connectivity index (χ0v) is 12.4. The molecule has 0 aromatic carbocycles. The summed E-state index contributed by atoms with van der Waals surface area (Å²) in [5.74, 6) is 5.82. The molecule has 6 heteroatoms. The number of nitrogens with one attached hydrogen (secondary N) is 1. The molecule has 1 aliphatic rings. The summed E-state index contributed by atoms with van der Waals surface area (Å²) >= 11 is 0. The lowest BCUT2D eigenvalue weighted by atomic mass is 10.0. The predicted molar refractivity (Wildman–Crippen MR) is 79.3 cm³/mol. The molecule has 1 aromatic rings. The number of amides is 1. The summed E-state index contributed by atoms with van der Waals surface area (Å²) in [6.45, 7) is 9.83.